The second-order valence-corrected chi connectivity index (χ2v) is 3.41. The highest BCUT2D eigenvalue weighted by molar-refractivity contribution is 7.84. The molecular formula is C12H9FN2S. The number of halogens is 1. The molecule has 1 N–H and O–H groups in total. The topological polar surface area (TPSA) is 35.8 Å². The molecule has 0 bridgehead atoms. The third-order valence-corrected chi connectivity index (χ3v) is 2.25. The Labute approximate surface area is 99.2 Å². The molecule has 0 fully saturated rings. The fraction of sp³-hybridized carbons (Fsp3) is 0.0833. The number of allylic oxidation sites excluding steroid dienone is 1. The van der Waals surface area contributed by atoms with Gasteiger partial charge in [-0.1, -0.05) is 18.1 Å². The van der Waals surface area contributed by atoms with Gasteiger partial charge >= 0.3 is 0 Å². The highest BCUT2D eigenvalue weighted by atomic mass is 32.1. The van der Waals surface area contributed by atoms with Gasteiger partial charge in [-0.3, -0.25) is 0 Å². The van der Waals surface area contributed by atoms with Crippen LogP contribution >= 0.6 is 12.6 Å². The van der Waals surface area contributed by atoms with E-state index < -0.39 is 0 Å². The highest BCUT2D eigenvalue weighted by Gasteiger charge is 1.99. The van der Waals surface area contributed by atoms with Crippen molar-refractivity contribution in [2.75, 3.05) is 0 Å². The van der Waals surface area contributed by atoms with E-state index >= 15 is 0 Å². The van der Waals surface area contributed by atoms with Crippen LogP contribution in [0.1, 0.15) is 5.56 Å². The van der Waals surface area contributed by atoms with Crippen molar-refractivity contribution in [3.63, 3.8) is 0 Å². The predicted molar refractivity (Wildman–Crippen MR) is 63.7 cm³/mol. The number of rotatable bonds is 3. The zero-order valence-corrected chi connectivity index (χ0v) is 9.26. The molecule has 0 aliphatic rings. The number of hydrogen-bond acceptors (Lipinski definition) is 3. The Hall–Kier alpha value is -1.91. The van der Waals surface area contributed by atoms with Crippen LogP contribution < -0.4 is 5.32 Å². The smallest absolute Gasteiger partial charge is 0.131 e. The van der Waals surface area contributed by atoms with Crippen LogP contribution in [0.15, 0.2) is 34.9 Å². The molecule has 0 aliphatic carbocycles. The third-order valence-electron chi connectivity index (χ3n) is 1.87. The number of thiol groups is 1. The number of terminal acetylenes is 1. The molecule has 1 rings (SSSR count). The van der Waals surface area contributed by atoms with Crippen LogP contribution in [0.3, 0.4) is 0 Å². The minimum absolute atomic E-state index is 0.144. The van der Waals surface area contributed by atoms with Crippen LogP contribution in [-0.4, -0.2) is 0 Å². The Morgan fingerprint density at radius 2 is 2.06 bits per heavy atom. The lowest BCUT2D eigenvalue weighted by molar-refractivity contribution is 0.626. The number of nitriles is 1. The molecule has 0 unspecified atom stereocenters. The first kappa shape index (κ1) is 12.2. The molecule has 0 saturated heterocycles. The maximum absolute atomic E-state index is 12.6. The summed E-state index contributed by atoms with van der Waals surface area (Å²) in [7, 11) is 0. The van der Waals surface area contributed by atoms with E-state index in [1.807, 2.05) is 6.07 Å². The van der Waals surface area contributed by atoms with Gasteiger partial charge in [-0.15, -0.1) is 19.1 Å². The number of nitrogens with zero attached hydrogens (tertiary/aromatic N) is 1. The lowest BCUT2D eigenvalue weighted by atomic mass is 10.2. The molecular weight excluding hydrogens is 223 g/mol. The standard InChI is InChI=1S/C12H9FN2S/c1-2-10(7-14)12(16)15-8-9-3-5-11(13)6-4-9/h1,3-6,15-16H,8H2/b12-10-. The molecule has 0 heterocycles. The number of hydrogen-bond donors (Lipinski definition) is 2. The Bertz CT molecular complexity index is 461. The van der Waals surface area contributed by atoms with E-state index in [9.17, 15) is 4.39 Å². The van der Waals surface area contributed by atoms with Crippen LogP contribution in [0.4, 0.5) is 4.39 Å². The number of nitrogens with one attached hydrogen (secondary N) is 1. The molecule has 0 saturated carbocycles. The summed E-state index contributed by atoms with van der Waals surface area (Å²) in [5.41, 5.74) is 1.02. The molecule has 0 aromatic heterocycles. The normalized spacial score (nSPS) is 11.0. The molecule has 2 nitrogen and oxygen atoms in total. The van der Waals surface area contributed by atoms with E-state index in [4.69, 9.17) is 11.7 Å². The second-order valence-electron chi connectivity index (χ2n) is 2.96. The van der Waals surface area contributed by atoms with E-state index in [2.05, 4.69) is 23.9 Å². The summed E-state index contributed by atoms with van der Waals surface area (Å²) < 4.78 is 12.6. The SMILES string of the molecule is C#C/C(C#N)=C(/S)NCc1ccc(F)cc1. The average Bonchev–Trinajstić information content (AvgIpc) is 2.30. The lowest BCUT2D eigenvalue weighted by Crippen LogP contribution is -2.10. The molecule has 1 aromatic carbocycles. The molecule has 0 atom stereocenters. The quantitative estimate of drug-likeness (QED) is 0.476. The predicted octanol–water partition coefficient (Wildman–Crippen LogP) is 2.21. The summed E-state index contributed by atoms with van der Waals surface area (Å²) in [5.74, 6) is 1.93. The van der Waals surface area contributed by atoms with Crippen molar-refractivity contribution in [3.05, 3.63) is 46.2 Å². The van der Waals surface area contributed by atoms with Gasteiger partial charge in [0.1, 0.15) is 17.5 Å². The van der Waals surface area contributed by atoms with E-state index in [1.54, 1.807) is 12.1 Å². The Kier molecular flexibility index (Phi) is 4.44. The molecule has 0 amide bonds. The van der Waals surface area contributed by atoms with Crippen molar-refractivity contribution in [2.45, 2.75) is 6.54 Å². The highest BCUT2D eigenvalue weighted by Crippen LogP contribution is 2.07. The van der Waals surface area contributed by atoms with Crippen molar-refractivity contribution < 1.29 is 4.39 Å². The summed E-state index contributed by atoms with van der Waals surface area (Å²) in [6.07, 6.45) is 5.10. The number of benzene rings is 1. The van der Waals surface area contributed by atoms with Crippen molar-refractivity contribution in [3.8, 4) is 18.4 Å². The zero-order valence-electron chi connectivity index (χ0n) is 8.37. The monoisotopic (exact) mass is 232 g/mol. The van der Waals surface area contributed by atoms with Crippen molar-refractivity contribution >= 4 is 12.6 Å². The molecule has 0 aliphatic heterocycles. The summed E-state index contributed by atoms with van der Waals surface area (Å²) in [5, 5.41) is 11.9. The minimum atomic E-state index is -0.285. The maximum Gasteiger partial charge on any atom is 0.131 e. The van der Waals surface area contributed by atoms with Crippen LogP contribution in [0, 0.1) is 29.5 Å². The fourth-order valence-electron chi connectivity index (χ4n) is 1.03. The van der Waals surface area contributed by atoms with Crippen molar-refractivity contribution in [1.82, 2.24) is 5.32 Å². The maximum atomic E-state index is 12.6. The first-order valence-electron chi connectivity index (χ1n) is 4.45. The van der Waals surface area contributed by atoms with Gasteiger partial charge in [0, 0.05) is 6.54 Å². The van der Waals surface area contributed by atoms with Gasteiger partial charge in [0.05, 0.1) is 5.03 Å². The van der Waals surface area contributed by atoms with Crippen LogP contribution in [0.5, 0.6) is 0 Å². The summed E-state index contributed by atoms with van der Waals surface area (Å²) in [6.45, 7) is 0.436. The van der Waals surface area contributed by atoms with E-state index in [-0.39, 0.29) is 11.4 Å². The van der Waals surface area contributed by atoms with Crippen LogP contribution in [0.25, 0.3) is 0 Å². The molecule has 80 valence electrons. The Balaban J connectivity index is 2.66. The van der Waals surface area contributed by atoms with Gasteiger partial charge in [-0.25, -0.2) is 4.39 Å². The second kappa shape index (κ2) is 5.85. The van der Waals surface area contributed by atoms with Crippen molar-refractivity contribution in [1.29, 1.82) is 5.26 Å². The molecule has 0 radical (unpaired) electrons. The van der Waals surface area contributed by atoms with E-state index in [1.165, 1.54) is 12.1 Å². The van der Waals surface area contributed by atoms with Crippen molar-refractivity contribution in [2.24, 2.45) is 0 Å². The van der Waals surface area contributed by atoms with Gasteiger partial charge in [-0.2, -0.15) is 5.26 Å². The molecule has 0 spiro atoms. The van der Waals surface area contributed by atoms with Gasteiger partial charge < -0.3 is 5.32 Å². The molecule has 1 aromatic rings. The summed E-state index contributed by atoms with van der Waals surface area (Å²) >= 11 is 4.07. The first-order chi connectivity index (χ1) is 7.67. The third kappa shape index (κ3) is 3.34. The molecule has 16 heavy (non-hydrogen) atoms. The average molecular weight is 232 g/mol. The minimum Gasteiger partial charge on any atom is -0.374 e. The van der Waals surface area contributed by atoms with Crippen LogP contribution in [0.2, 0.25) is 0 Å². The first-order valence-corrected chi connectivity index (χ1v) is 4.90. The Morgan fingerprint density at radius 1 is 1.44 bits per heavy atom. The van der Waals surface area contributed by atoms with Gasteiger partial charge in [-0.05, 0) is 17.7 Å². The fourth-order valence-corrected chi connectivity index (χ4v) is 1.22. The summed E-state index contributed by atoms with van der Waals surface area (Å²) in [4.78, 5) is 0. The van der Waals surface area contributed by atoms with Crippen LogP contribution in [-0.2, 0) is 6.54 Å². The molecule has 4 heteroatoms. The largest absolute Gasteiger partial charge is 0.374 e. The lowest BCUT2D eigenvalue weighted by Gasteiger charge is -2.05. The van der Waals surface area contributed by atoms with E-state index in [0.29, 0.717) is 11.6 Å². The van der Waals surface area contributed by atoms with Gasteiger partial charge in [0.25, 0.3) is 0 Å². The van der Waals surface area contributed by atoms with E-state index in [0.717, 1.165) is 5.56 Å². The zero-order chi connectivity index (χ0) is 12.0. The Morgan fingerprint density at radius 3 is 2.56 bits per heavy atom. The summed E-state index contributed by atoms with van der Waals surface area (Å²) in [6, 6.07) is 7.86. The van der Waals surface area contributed by atoms with Gasteiger partial charge in [0.2, 0.25) is 0 Å². The van der Waals surface area contributed by atoms with Gasteiger partial charge in [0.15, 0.2) is 0 Å².